The van der Waals surface area contributed by atoms with Gasteiger partial charge in [-0.2, -0.15) is 0 Å². The summed E-state index contributed by atoms with van der Waals surface area (Å²) in [6.07, 6.45) is 1.46. The average Bonchev–Trinajstić information content (AvgIpc) is 2.51. The Kier molecular flexibility index (Phi) is 4.82. The Balaban J connectivity index is 2.29. The minimum absolute atomic E-state index is 0.129. The van der Waals surface area contributed by atoms with Crippen molar-refractivity contribution in [3.8, 4) is 0 Å². The van der Waals surface area contributed by atoms with Crippen molar-refractivity contribution in [2.75, 3.05) is 0 Å². The Morgan fingerprint density at radius 1 is 1.04 bits per heavy atom. The normalized spacial score (nSPS) is 11.3. The maximum Gasteiger partial charge on any atom is 0.284 e. The van der Waals surface area contributed by atoms with Crippen LogP contribution in [0.25, 0.3) is 0 Å². The monoisotopic (exact) mass is 333 g/mol. The topological polar surface area (TPSA) is 88.2 Å². The molecule has 0 aliphatic heterocycles. The largest absolute Gasteiger partial charge is 0.284 e. The van der Waals surface area contributed by atoms with Crippen LogP contribution in [0.1, 0.15) is 32.7 Å². The molecule has 0 spiro atoms. The SMILES string of the molecule is Cc1cc(C)c(C)c(S(=O)(=O)NNC(=O)c2ccccn2)c1C. The van der Waals surface area contributed by atoms with Gasteiger partial charge in [0, 0.05) is 6.20 Å². The molecule has 0 atom stereocenters. The lowest BCUT2D eigenvalue weighted by Gasteiger charge is -2.16. The van der Waals surface area contributed by atoms with E-state index in [1.54, 1.807) is 26.0 Å². The number of aryl methyl sites for hydroxylation is 2. The molecule has 2 rings (SSSR count). The van der Waals surface area contributed by atoms with E-state index >= 15 is 0 Å². The molecule has 122 valence electrons. The molecule has 1 aromatic carbocycles. The number of hydrogen-bond donors (Lipinski definition) is 2. The van der Waals surface area contributed by atoms with Crippen molar-refractivity contribution in [2.45, 2.75) is 32.6 Å². The summed E-state index contributed by atoms with van der Waals surface area (Å²) >= 11 is 0. The fourth-order valence-corrected chi connectivity index (χ4v) is 3.77. The summed E-state index contributed by atoms with van der Waals surface area (Å²) in [5.74, 6) is -0.617. The predicted molar refractivity (Wildman–Crippen MR) is 87.4 cm³/mol. The van der Waals surface area contributed by atoms with Gasteiger partial charge < -0.3 is 0 Å². The highest BCUT2D eigenvalue weighted by Gasteiger charge is 2.23. The highest BCUT2D eigenvalue weighted by Crippen LogP contribution is 2.25. The van der Waals surface area contributed by atoms with Crippen LogP contribution in [0.5, 0.6) is 0 Å². The standard InChI is InChI=1S/C16H19N3O3S/c1-10-9-11(2)13(4)15(12(10)3)23(21,22)19-18-16(20)14-7-5-6-8-17-14/h5-9,19H,1-4H3,(H,18,20). The second kappa shape index (κ2) is 6.47. The number of hydrazine groups is 1. The molecule has 0 saturated heterocycles. The molecule has 1 heterocycles. The van der Waals surface area contributed by atoms with Gasteiger partial charge in [0.05, 0.1) is 4.90 Å². The van der Waals surface area contributed by atoms with Gasteiger partial charge in [-0.25, -0.2) is 8.42 Å². The first-order chi connectivity index (χ1) is 10.7. The lowest BCUT2D eigenvalue weighted by molar-refractivity contribution is 0.0940. The van der Waals surface area contributed by atoms with Gasteiger partial charge in [-0.3, -0.25) is 15.2 Å². The van der Waals surface area contributed by atoms with E-state index < -0.39 is 15.9 Å². The lowest BCUT2D eigenvalue weighted by Crippen LogP contribution is -2.42. The number of hydrogen-bond acceptors (Lipinski definition) is 4. The van der Waals surface area contributed by atoms with E-state index in [1.807, 2.05) is 19.9 Å². The quantitative estimate of drug-likeness (QED) is 0.837. The van der Waals surface area contributed by atoms with Gasteiger partial charge in [0.25, 0.3) is 15.9 Å². The smallest absolute Gasteiger partial charge is 0.272 e. The molecule has 0 unspecified atom stereocenters. The number of nitrogens with zero attached hydrogens (tertiary/aromatic N) is 1. The third-order valence-electron chi connectivity index (χ3n) is 3.76. The van der Waals surface area contributed by atoms with Gasteiger partial charge in [-0.05, 0) is 62.1 Å². The number of amides is 1. The Labute approximate surface area is 136 Å². The van der Waals surface area contributed by atoms with Crippen LogP contribution in [0.3, 0.4) is 0 Å². The van der Waals surface area contributed by atoms with Gasteiger partial charge in [0.1, 0.15) is 5.69 Å². The average molecular weight is 333 g/mol. The Morgan fingerprint density at radius 2 is 1.65 bits per heavy atom. The van der Waals surface area contributed by atoms with E-state index in [9.17, 15) is 13.2 Å². The van der Waals surface area contributed by atoms with Crippen molar-refractivity contribution < 1.29 is 13.2 Å². The molecule has 0 fully saturated rings. The van der Waals surface area contributed by atoms with Crippen LogP contribution in [0.15, 0.2) is 35.4 Å². The zero-order chi connectivity index (χ0) is 17.2. The third-order valence-corrected chi connectivity index (χ3v) is 5.28. The van der Waals surface area contributed by atoms with Crippen LogP contribution in [0.2, 0.25) is 0 Å². The van der Waals surface area contributed by atoms with Crippen LogP contribution < -0.4 is 10.3 Å². The van der Waals surface area contributed by atoms with E-state index in [0.717, 1.165) is 11.1 Å². The summed E-state index contributed by atoms with van der Waals surface area (Å²) < 4.78 is 25.1. The van der Waals surface area contributed by atoms with Crippen LogP contribution in [-0.2, 0) is 10.0 Å². The fraction of sp³-hybridized carbons (Fsp3) is 0.250. The Hall–Kier alpha value is -2.25. The number of benzene rings is 1. The number of carbonyl (C=O) groups excluding carboxylic acids is 1. The molecule has 0 aliphatic carbocycles. The van der Waals surface area contributed by atoms with Crippen LogP contribution >= 0.6 is 0 Å². The molecule has 7 heteroatoms. The van der Waals surface area contributed by atoms with Crippen molar-refractivity contribution in [1.82, 2.24) is 15.2 Å². The van der Waals surface area contributed by atoms with E-state index in [4.69, 9.17) is 0 Å². The number of carbonyl (C=O) groups is 1. The second-order valence-electron chi connectivity index (χ2n) is 5.36. The summed E-state index contributed by atoms with van der Waals surface area (Å²) in [7, 11) is -3.88. The van der Waals surface area contributed by atoms with Crippen molar-refractivity contribution in [1.29, 1.82) is 0 Å². The van der Waals surface area contributed by atoms with E-state index in [2.05, 4.69) is 15.2 Å². The number of aromatic nitrogens is 1. The molecule has 23 heavy (non-hydrogen) atoms. The molecular formula is C16H19N3O3S. The van der Waals surface area contributed by atoms with Crippen LogP contribution in [0, 0.1) is 27.7 Å². The van der Waals surface area contributed by atoms with Gasteiger partial charge >= 0.3 is 0 Å². The molecule has 0 aliphatic rings. The summed E-state index contributed by atoms with van der Waals surface area (Å²) in [6, 6.07) is 6.75. The van der Waals surface area contributed by atoms with Crippen LogP contribution in [0.4, 0.5) is 0 Å². The van der Waals surface area contributed by atoms with Crippen molar-refractivity contribution in [3.05, 3.63) is 58.4 Å². The van der Waals surface area contributed by atoms with Crippen molar-refractivity contribution in [2.24, 2.45) is 0 Å². The summed E-state index contributed by atoms with van der Waals surface area (Å²) in [6.45, 7) is 7.20. The van der Waals surface area contributed by atoms with Gasteiger partial charge in [-0.1, -0.05) is 12.1 Å². The number of rotatable bonds is 4. The molecule has 1 aromatic heterocycles. The Morgan fingerprint density at radius 3 is 2.17 bits per heavy atom. The highest BCUT2D eigenvalue weighted by molar-refractivity contribution is 7.89. The summed E-state index contributed by atoms with van der Waals surface area (Å²) in [5, 5.41) is 0. The van der Waals surface area contributed by atoms with E-state index in [0.29, 0.717) is 11.1 Å². The fourth-order valence-electron chi connectivity index (χ4n) is 2.31. The zero-order valence-electron chi connectivity index (χ0n) is 13.5. The molecular weight excluding hydrogens is 314 g/mol. The molecule has 0 radical (unpaired) electrons. The number of pyridine rings is 1. The molecule has 2 aromatic rings. The molecule has 0 bridgehead atoms. The highest BCUT2D eigenvalue weighted by atomic mass is 32.2. The second-order valence-corrected chi connectivity index (χ2v) is 6.98. The molecule has 6 nitrogen and oxygen atoms in total. The maximum atomic E-state index is 12.6. The number of sulfonamides is 1. The van der Waals surface area contributed by atoms with Gasteiger partial charge in [0.15, 0.2) is 0 Å². The van der Waals surface area contributed by atoms with Gasteiger partial charge in [0.2, 0.25) is 0 Å². The molecule has 1 amide bonds. The first-order valence-electron chi connectivity index (χ1n) is 7.04. The maximum absolute atomic E-state index is 12.6. The third kappa shape index (κ3) is 3.57. The molecule has 0 saturated carbocycles. The minimum atomic E-state index is -3.88. The summed E-state index contributed by atoms with van der Waals surface area (Å²) in [4.78, 5) is 18.1. The Bertz CT molecular complexity index is 820. The minimum Gasteiger partial charge on any atom is -0.272 e. The van der Waals surface area contributed by atoms with E-state index in [-0.39, 0.29) is 10.6 Å². The number of nitrogens with one attached hydrogen (secondary N) is 2. The summed E-state index contributed by atoms with van der Waals surface area (Å²) in [5.41, 5.74) is 5.40. The van der Waals surface area contributed by atoms with Crippen molar-refractivity contribution in [3.63, 3.8) is 0 Å². The predicted octanol–water partition coefficient (Wildman–Crippen LogP) is 1.94. The zero-order valence-corrected chi connectivity index (χ0v) is 14.3. The van der Waals surface area contributed by atoms with E-state index in [1.165, 1.54) is 12.3 Å². The molecule has 2 N–H and O–H groups in total. The lowest BCUT2D eigenvalue weighted by atomic mass is 10.0. The first kappa shape index (κ1) is 17.1. The van der Waals surface area contributed by atoms with Gasteiger partial charge in [-0.15, -0.1) is 4.83 Å². The first-order valence-corrected chi connectivity index (χ1v) is 8.53. The van der Waals surface area contributed by atoms with Crippen molar-refractivity contribution >= 4 is 15.9 Å². The van der Waals surface area contributed by atoms with Crippen LogP contribution in [-0.4, -0.2) is 19.3 Å².